The Morgan fingerprint density at radius 1 is 1.53 bits per heavy atom. The molecule has 1 heterocycles. The number of hydrogen-bond donors (Lipinski definition) is 1. The van der Waals surface area contributed by atoms with Gasteiger partial charge in [-0.1, -0.05) is 23.2 Å². The highest BCUT2D eigenvalue weighted by molar-refractivity contribution is 6.36. The Balaban J connectivity index is 3.23. The lowest BCUT2D eigenvalue weighted by Crippen LogP contribution is -2.04. The quantitative estimate of drug-likeness (QED) is 0.846. The number of aliphatic carboxylic acids is 1. The minimum Gasteiger partial charge on any atom is -0.481 e. The Labute approximate surface area is 93.6 Å². The van der Waals surface area contributed by atoms with Crippen LogP contribution in [0.2, 0.25) is 10.2 Å². The highest BCUT2D eigenvalue weighted by Gasteiger charge is 2.19. The van der Waals surface area contributed by atoms with E-state index in [1.54, 1.807) is 0 Å². The Morgan fingerprint density at radius 3 is 2.60 bits per heavy atom. The maximum absolute atomic E-state index is 12.4. The highest BCUT2D eigenvalue weighted by Crippen LogP contribution is 2.32. The maximum Gasteiger partial charge on any atom is 0.307 e. The topological polar surface area (TPSA) is 50.2 Å². The second-order valence-electron chi connectivity index (χ2n) is 2.67. The van der Waals surface area contributed by atoms with Crippen LogP contribution in [0, 0.1) is 0 Å². The summed E-state index contributed by atoms with van der Waals surface area (Å²) < 4.78 is 24.7. The van der Waals surface area contributed by atoms with Gasteiger partial charge in [0.1, 0.15) is 5.15 Å². The Kier molecular flexibility index (Phi) is 3.82. The van der Waals surface area contributed by atoms with E-state index in [0.717, 1.165) is 6.20 Å². The second kappa shape index (κ2) is 4.72. The third-order valence-electron chi connectivity index (χ3n) is 1.65. The largest absolute Gasteiger partial charge is 0.481 e. The van der Waals surface area contributed by atoms with E-state index >= 15 is 0 Å². The molecule has 0 unspecified atom stereocenters. The van der Waals surface area contributed by atoms with Crippen LogP contribution in [0.15, 0.2) is 6.20 Å². The van der Waals surface area contributed by atoms with Gasteiger partial charge in [-0.3, -0.25) is 4.79 Å². The summed E-state index contributed by atoms with van der Waals surface area (Å²) in [5.41, 5.74) is -0.610. The van der Waals surface area contributed by atoms with Crippen LogP contribution in [-0.4, -0.2) is 16.1 Å². The van der Waals surface area contributed by atoms with E-state index in [-0.39, 0.29) is 15.7 Å². The first-order chi connectivity index (χ1) is 6.93. The maximum atomic E-state index is 12.4. The van der Waals surface area contributed by atoms with Crippen LogP contribution in [0.5, 0.6) is 0 Å². The van der Waals surface area contributed by atoms with Crippen molar-refractivity contribution in [2.24, 2.45) is 0 Å². The van der Waals surface area contributed by atoms with Crippen LogP contribution in [0.3, 0.4) is 0 Å². The summed E-state index contributed by atoms with van der Waals surface area (Å²) in [7, 11) is 0. The number of nitrogens with zero attached hydrogens (tertiary/aromatic N) is 1. The smallest absolute Gasteiger partial charge is 0.307 e. The number of hydrogen-bond acceptors (Lipinski definition) is 2. The molecule has 82 valence electrons. The van der Waals surface area contributed by atoms with Gasteiger partial charge in [-0.2, -0.15) is 0 Å². The molecule has 1 aromatic heterocycles. The van der Waals surface area contributed by atoms with Crippen molar-refractivity contribution in [3.8, 4) is 0 Å². The second-order valence-corrected chi connectivity index (χ2v) is 3.40. The van der Waals surface area contributed by atoms with Gasteiger partial charge in [0.2, 0.25) is 0 Å². The number of alkyl halides is 2. The molecule has 0 saturated carbocycles. The van der Waals surface area contributed by atoms with Crippen molar-refractivity contribution < 1.29 is 18.7 Å². The van der Waals surface area contributed by atoms with Crippen LogP contribution >= 0.6 is 23.2 Å². The van der Waals surface area contributed by atoms with Gasteiger partial charge < -0.3 is 5.11 Å². The molecule has 0 spiro atoms. The fourth-order valence-electron chi connectivity index (χ4n) is 0.979. The molecule has 1 rings (SSSR count). The predicted octanol–water partition coefficient (Wildman–Crippen LogP) is 2.95. The molecule has 15 heavy (non-hydrogen) atoms. The monoisotopic (exact) mass is 255 g/mol. The summed E-state index contributed by atoms with van der Waals surface area (Å²) in [4.78, 5) is 13.9. The Bertz CT molecular complexity index is 398. The standard InChI is InChI=1S/C8H5Cl2F2NO2/c9-6-3(1-5(14)15)7(10)13-2-4(6)8(11)12/h2,8H,1H2,(H,14,15). The van der Waals surface area contributed by atoms with Crippen molar-refractivity contribution in [2.45, 2.75) is 12.8 Å². The number of rotatable bonds is 3. The van der Waals surface area contributed by atoms with E-state index in [9.17, 15) is 13.6 Å². The van der Waals surface area contributed by atoms with Gasteiger partial charge in [-0.25, -0.2) is 13.8 Å². The normalized spacial score (nSPS) is 10.7. The van der Waals surface area contributed by atoms with Crippen molar-refractivity contribution in [1.29, 1.82) is 0 Å². The zero-order valence-corrected chi connectivity index (χ0v) is 8.69. The lowest BCUT2D eigenvalue weighted by atomic mass is 10.1. The number of pyridine rings is 1. The molecule has 0 aromatic carbocycles. The Hall–Kier alpha value is -0.940. The van der Waals surface area contributed by atoms with Crippen molar-refractivity contribution in [2.75, 3.05) is 0 Å². The number of halogens is 4. The summed E-state index contributed by atoms with van der Waals surface area (Å²) in [6.45, 7) is 0. The predicted molar refractivity (Wildman–Crippen MR) is 50.6 cm³/mol. The fraction of sp³-hybridized carbons (Fsp3) is 0.250. The van der Waals surface area contributed by atoms with Crippen molar-refractivity contribution in [3.05, 3.63) is 27.5 Å². The number of aromatic nitrogens is 1. The van der Waals surface area contributed by atoms with Crippen LogP contribution in [-0.2, 0) is 11.2 Å². The highest BCUT2D eigenvalue weighted by atomic mass is 35.5. The molecule has 7 heteroatoms. The van der Waals surface area contributed by atoms with Gasteiger partial charge >= 0.3 is 5.97 Å². The molecule has 1 N–H and O–H groups in total. The van der Waals surface area contributed by atoms with E-state index in [1.165, 1.54) is 0 Å². The summed E-state index contributed by atoms with van der Waals surface area (Å²) in [6.07, 6.45) is -2.51. The van der Waals surface area contributed by atoms with Crippen molar-refractivity contribution in [3.63, 3.8) is 0 Å². The molecular weight excluding hydrogens is 251 g/mol. The fourth-order valence-corrected chi connectivity index (χ4v) is 1.53. The third kappa shape index (κ3) is 2.76. The minimum absolute atomic E-state index is 0.0939. The van der Waals surface area contributed by atoms with Crippen LogP contribution in [0.1, 0.15) is 17.6 Å². The first kappa shape index (κ1) is 12.1. The van der Waals surface area contributed by atoms with E-state index in [1.807, 2.05) is 0 Å². The average Bonchev–Trinajstić information content (AvgIpc) is 2.11. The summed E-state index contributed by atoms with van der Waals surface area (Å²) >= 11 is 11.1. The van der Waals surface area contributed by atoms with Crippen molar-refractivity contribution in [1.82, 2.24) is 4.98 Å². The molecule has 0 amide bonds. The summed E-state index contributed by atoms with van der Waals surface area (Å²) in [6, 6.07) is 0. The van der Waals surface area contributed by atoms with E-state index in [4.69, 9.17) is 28.3 Å². The molecule has 0 aliphatic heterocycles. The van der Waals surface area contributed by atoms with E-state index in [2.05, 4.69) is 4.98 Å². The van der Waals surface area contributed by atoms with E-state index < -0.39 is 24.4 Å². The lowest BCUT2D eigenvalue weighted by molar-refractivity contribution is -0.136. The molecule has 3 nitrogen and oxygen atoms in total. The van der Waals surface area contributed by atoms with Crippen LogP contribution in [0.4, 0.5) is 8.78 Å². The molecule has 0 saturated heterocycles. The van der Waals surface area contributed by atoms with Gasteiger partial charge in [0, 0.05) is 11.8 Å². The van der Waals surface area contributed by atoms with E-state index in [0.29, 0.717) is 0 Å². The van der Waals surface area contributed by atoms with Gasteiger partial charge in [0.25, 0.3) is 6.43 Å². The number of carboxylic acid groups (broad SMARTS) is 1. The van der Waals surface area contributed by atoms with Crippen LogP contribution in [0.25, 0.3) is 0 Å². The molecule has 0 aliphatic rings. The van der Waals surface area contributed by atoms with Gasteiger partial charge in [-0.05, 0) is 0 Å². The molecular formula is C8H5Cl2F2NO2. The zero-order valence-electron chi connectivity index (χ0n) is 7.18. The third-order valence-corrected chi connectivity index (χ3v) is 2.42. The van der Waals surface area contributed by atoms with Crippen molar-refractivity contribution >= 4 is 29.2 Å². The van der Waals surface area contributed by atoms with Gasteiger partial charge in [0.05, 0.1) is 17.0 Å². The SMILES string of the molecule is O=C(O)Cc1c(Cl)ncc(C(F)F)c1Cl. The number of carboxylic acids is 1. The first-order valence-electron chi connectivity index (χ1n) is 3.76. The van der Waals surface area contributed by atoms with Gasteiger partial charge in [0.15, 0.2) is 0 Å². The van der Waals surface area contributed by atoms with Gasteiger partial charge in [-0.15, -0.1) is 0 Å². The summed E-state index contributed by atoms with van der Waals surface area (Å²) in [5.74, 6) is -1.22. The minimum atomic E-state index is -2.81. The molecule has 0 radical (unpaired) electrons. The lowest BCUT2D eigenvalue weighted by Gasteiger charge is -2.08. The zero-order chi connectivity index (χ0) is 11.6. The Morgan fingerprint density at radius 2 is 2.13 bits per heavy atom. The molecule has 0 bridgehead atoms. The first-order valence-corrected chi connectivity index (χ1v) is 4.51. The molecule has 0 fully saturated rings. The molecule has 1 aromatic rings. The average molecular weight is 256 g/mol. The molecule has 0 atom stereocenters. The summed E-state index contributed by atoms with van der Waals surface area (Å²) in [5, 5.41) is 8.00. The number of carbonyl (C=O) groups is 1. The van der Waals surface area contributed by atoms with Crippen LogP contribution < -0.4 is 0 Å². The molecule has 0 aliphatic carbocycles.